The number of alkyl halides is 2. The minimum atomic E-state index is -2.90. The average molecular weight is 515 g/mol. The van der Waals surface area contributed by atoms with Crippen molar-refractivity contribution < 1.29 is 53.0 Å². The third kappa shape index (κ3) is 6.00. The average Bonchev–Trinajstić information content (AvgIpc) is 3.19. The summed E-state index contributed by atoms with van der Waals surface area (Å²) in [6.07, 6.45) is 6.22. The van der Waals surface area contributed by atoms with E-state index >= 15 is 0 Å². The summed E-state index contributed by atoms with van der Waals surface area (Å²) in [7, 11) is 0. The Morgan fingerprint density at radius 1 is 1.08 bits per heavy atom. The number of benzene rings is 2. The van der Waals surface area contributed by atoms with Crippen molar-refractivity contribution in [3.63, 3.8) is 0 Å². The summed E-state index contributed by atoms with van der Waals surface area (Å²) in [6.45, 7) is -0.687. The number of halogens is 2. The molecule has 0 N–H and O–H groups in total. The number of aromatic nitrogens is 4. The number of carboxylic acid groups (broad SMARTS) is 1. The second-order valence-corrected chi connectivity index (χ2v) is 9.13. The van der Waals surface area contributed by atoms with Gasteiger partial charge in [-0.25, -0.2) is 15.0 Å². The van der Waals surface area contributed by atoms with Crippen LogP contribution in [-0.2, 0) is 11.3 Å². The van der Waals surface area contributed by atoms with Crippen molar-refractivity contribution in [1.82, 2.24) is 19.5 Å². The number of carbonyl (C=O) groups is 1. The maximum Gasteiger partial charge on any atom is 1.00 e. The predicted molar refractivity (Wildman–Crippen MR) is 127 cm³/mol. The molecule has 2 heterocycles. The zero-order valence-corrected chi connectivity index (χ0v) is 22.7. The van der Waals surface area contributed by atoms with Crippen LogP contribution in [0.3, 0.4) is 0 Å². The number of imidazole rings is 1. The molecule has 0 unspecified atom stereocenters. The van der Waals surface area contributed by atoms with E-state index in [1.165, 1.54) is 6.07 Å². The molecule has 0 radical (unpaired) electrons. The van der Waals surface area contributed by atoms with Crippen LogP contribution in [0.4, 0.5) is 8.78 Å². The fourth-order valence-corrected chi connectivity index (χ4v) is 4.92. The Morgan fingerprint density at radius 3 is 2.46 bits per heavy atom. The van der Waals surface area contributed by atoms with Crippen molar-refractivity contribution in [3.05, 3.63) is 72.1 Å². The van der Waals surface area contributed by atoms with Crippen molar-refractivity contribution in [3.8, 4) is 16.9 Å². The molecular weight excluding hydrogens is 489 g/mol. The van der Waals surface area contributed by atoms with E-state index in [4.69, 9.17) is 4.74 Å². The predicted octanol–water partition coefficient (Wildman–Crippen LogP) is 1.48. The summed E-state index contributed by atoms with van der Waals surface area (Å²) in [5, 5.41) is 11.1. The molecule has 5 rings (SSSR count). The number of rotatable bonds is 7. The van der Waals surface area contributed by atoms with E-state index in [9.17, 15) is 18.7 Å². The summed E-state index contributed by atoms with van der Waals surface area (Å²) in [5.74, 6) is 0.425. The first kappa shape index (κ1) is 27.2. The van der Waals surface area contributed by atoms with Crippen LogP contribution in [0, 0.1) is 12.8 Å². The van der Waals surface area contributed by atoms with Crippen LogP contribution in [0.15, 0.2) is 54.9 Å². The molecule has 1 aliphatic carbocycles. The molecule has 4 aromatic rings. The molecule has 0 atom stereocenters. The van der Waals surface area contributed by atoms with Crippen LogP contribution in [0.5, 0.6) is 5.75 Å². The smallest absolute Gasteiger partial charge is 0.550 e. The largest absolute Gasteiger partial charge is 1.00 e. The Balaban J connectivity index is 0.00000320. The van der Waals surface area contributed by atoms with Crippen LogP contribution in [0.2, 0.25) is 0 Å². The van der Waals surface area contributed by atoms with Gasteiger partial charge in [-0.2, -0.15) is 8.78 Å². The molecule has 186 valence electrons. The van der Waals surface area contributed by atoms with Crippen LogP contribution in [-0.4, -0.2) is 32.1 Å². The molecule has 1 aliphatic rings. The number of para-hydroxylation sites is 1. The summed E-state index contributed by atoms with van der Waals surface area (Å²) in [4.78, 5) is 24.9. The molecule has 37 heavy (non-hydrogen) atoms. The third-order valence-corrected chi connectivity index (χ3v) is 6.89. The topological polar surface area (TPSA) is 93.0 Å². The molecule has 10 heteroatoms. The summed E-state index contributed by atoms with van der Waals surface area (Å²) in [6, 6.07) is 12.6. The maximum absolute atomic E-state index is 12.9. The van der Waals surface area contributed by atoms with Gasteiger partial charge in [-0.15, -0.1) is 0 Å². The first-order chi connectivity index (χ1) is 17.4. The van der Waals surface area contributed by atoms with E-state index < -0.39 is 12.6 Å². The molecule has 0 spiro atoms. The minimum absolute atomic E-state index is 0. The quantitative estimate of drug-likeness (QED) is 0.347. The number of hydrogen-bond acceptors (Lipinski definition) is 6. The molecule has 0 bridgehead atoms. The number of ether oxygens (including phenoxy) is 1. The van der Waals surface area contributed by atoms with Gasteiger partial charge in [0.25, 0.3) is 0 Å². The van der Waals surface area contributed by atoms with Gasteiger partial charge in [-0.1, -0.05) is 24.3 Å². The Hall–Kier alpha value is -2.88. The van der Waals surface area contributed by atoms with Crippen molar-refractivity contribution >= 4 is 17.0 Å². The van der Waals surface area contributed by atoms with Crippen LogP contribution < -0.4 is 39.4 Å². The SMILES string of the molecule is Cc1nc2ccc(-c3cnc(C4CCC(C(=O)[O-])CC4)nc3)cc2n1Cc1ccccc1OC(F)F.[Na+]. The molecule has 7 nitrogen and oxygen atoms in total. The maximum atomic E-state index is 12.9. The Morgan fingerprint density at radius 2 is 1.78 bits per heavy atom. The zero-order valence-electron chi connectivity index (χ0n) is 20.7. The Labute approximate surface area is 235 Å². The van der Waals surface area contributed by atoms with E-state index in [1.807, 2.05) is 29.7 Å². The van der Waals surface area contributed by atoms with Gasteiger partial charge in [0.05, 0.1) is 17.6 Å². The van der Waals surface area contributed by atoms with E-state index in [0.29, 0.717) is 24.9 Å². The van der Waals surface area contributed by atoms with Gasteiger partial charge in [0.1, 0.15) is 17.4 Å². The fraction of sp³-hybridized carbons (Fsp3) is 0.333. The van der Waals surface area contributed by atoms with Crippen molar-refractivity contribution in [1.29, 1.82) is 0 Å². The van der Waals surface area contributed by atoms with Gasteiger partial charge in [0.15, 0.2) is 0 Å². The van der Waals surface area contributed by atoms with Gasteiger partial charge in [0.2, 0.25) is 0 Å². The number of carboxylic acids is 1. The number of nitrogens with zero attached hydrogens (tertiary/aromatic N) is 4. The molecule has 0 aliphatic heterocycles. The molecular formula is C27H25F2N4NaO3. The first-order valence-electron chi connectivity index (χ1n) is 11.9. The van der Waals surface area contributed by atoms with Gasteiger partial charge >= 0.3 is 36.2 Å². The number of hydrogen-bond donors (Lipinski definition) is 0. The number of fused-ring (bicyclic) bond motifs is 1. The number of aryl methyl sites for hydroxylation is 1. The van der Waals surface area contributed by atoms with E-state index in [1.54, 1.807) is 30.6 Å². The molecule has 2 aromatic carbocycles. The summed E-state index contributed by atoms with van der Waals surface area (Å²) < 4.78 is 32.4. The van der Waals surface area contributed by atoms with E-state index in [2.05, 4.69) is 15.0 Å². The third-order valence-electron chi connectivity index (χ3n) is 6.89. The standard InChI is InChI=1S/C27H26F2N4O3.Na/c1-16-32-22-11-10-19(12-23(22)33(16)15-20-4-2-3-5-24(20)36-27(28)29)21-13-30-25(31-14-21)17-6-8-18(9-7-17)26(34)35;/h2-5,10-14,17-18,27H,6-9,15H2,1H3,(H,34,35);/q;+1/p-1. The van der Waals surface area contributed by atoms with Crippen molar-refractivity contribution in [2.45, 2.75) is 51.7 Å². The minimum Gasteiger partial charge on any atom is -0.550 e. The molecule has 2 aromatic heterocycles. The Kier molecular flexibility index (Phi) is 8.56. The molecule has 0 saturated heterocycles. The molecule has 1 fully saturated rings. The fourth-order valence-electron chi connectivity index (χ4n) is 4.92. The summed E-state index contributed by atoms with van der Waals surface area (Å²) in [5.41, 5.74) is 4.04. The zero-order chi connectivity index (χ0) is 25.2. The number of carbonyl (C=O) groups excluding carboxylic acids is 1. The van der Waals surface area contributed by atoms with Crippen LogP contribution in [0.25, 0.3) is 22.2 Å². The van der Waals surface area contributed by atoms with Crippen LogP contribution in [0.1, 0.15) is 48.8 Å². The van der Waals surface area contributed by atoms with Crippen LogP contribution >= 0.6 is 0 Å². The van der Waals surface area contributed by atoms with Crippen molar-refractivity contribution in [2.75, 3.05) is 0 Å². The van der Waals surface area contributed by atoms with Crippen molar-refractivity contribution in [2.24, 2.45) is 5.92 Å². The molecule has 0 amide bonds. The second kappa shape index (κ2) is 11.7. The van der Waals surface area contributed by atoms with Gasteiger partial charge in [0, 0.05) is 35.4 Å². The van der Waals surface area contributed by atoms with Gasteiger partial charge < -0.3 is 19.2 Å². The van der Waals surface area contributed by atoms with E-state index in [0.717, 1.165) is 46.7 Å². The normalized spacial score (nSPS) is 17.5. The summed E-state index contributed by atoms with van der Waals surface area (Å²) >= 11 is 0. The number of aliphatic carboxylic acids is 1. The Bertz CT molecular complexity index is 1390. The molecule has 1 saturated carbocycles. The van der Waals surface area contributed by atoms with Gasteiger partial charge in [-0.05, 0) is 62.3 Å². The monoisotopic (exact) mass is 514 g/mol. The second-order valence-electron chi connectivity index (χ2n) is 9.13. The van der Waals surface area contributed by atoms with Gasteiger partial charge in [-0.3, -0.25) is 0 Å². The first-order valence-corrected chi connectivity index (χ1v) is 11.9. The van der Waals surface area contributed by atoms with E-state index in [-0.39, 0.29) is 47.1 Å².